The Hall–Kier alpha value is -2.47. The van der Waals surface area contributed by atoms with Gasteiger partial charge in [-0.05, 0) is 35.7 Å². The van der Waals surface area contributed by atoms with Gasteiger partial charge in [-0.1, -0.05) is 30.3 Å². The van der Waals surface area contributed by atoms with Crippen LogP contribution in [0.1, 0.15) is 26.9 Å². The quantitative estimate of drug-likeness (QED) is 0.881. The molecule has 2 heterocycles. The topological polar surface area (TPSA) is 58.6 Å². The largest absolute Gasteiger partial charge is 0.497 e. The number of carbonyl (C=O) groups is 2. The molecular formula is C20H20N2O3S. The molecule has 2 aromatic carbocycles. The van der Waals surface area contributed by atoms with Crippen molar-refractivity contribution < 1.29 is 14.3 Å². The summed E-state index contributed by atoms with van der Waals surface area (Å²) in [6.45, 7) is 0.548. The summed E-state index contributed by atoms with van der Waals surface area (Å²) in [6.07, 6.45) is 0.743. The maximum atomic E-state index is 12.7. The van der Waals surface area contributed by atoms with E-state index in [1.807, 2.05) is 48.5 Å². The van der Waals surface area contributed by atoms with Gasteiger partial charge in [0.25, 0.3) is 5.91 Å². The van der Waals surface area contributed by atoms with Gasteiger partial charge in [0.2, 0.25) is 5.91 Å². The molecule has 2 aromatic rings. The molecule has 0 spiro atoms. The molecule has 0 aliphatic carbocycles. The summed E-state index contributed by atoms with van der Waals surface area (Å²) in [4.78, 5) is 27.0. The molecule has 2 atom stereocenters. The number of hydrogen-bond acceptors (Lipinski definition) is 4. The monoisotopic (exact) mass is 368 g/mol. The Balaban J connectivity index is 1.36. The molecule has 0 unspecified atom stereocenters. The smallest absolute Gasteiger partial charge is 0.256 e. The van der Waals surface area contributed by atoms with Gasteiger partial charge in [-0.3, -0.25) is 9.59 Å². The minimum absolute atomic E-state index is 0.0314. The predicted octanol–water partition coefficient (Wildman–Crippen LogP) is 2.62. The van der Waals surface area contributed by atoms with Gasteiger partial charge in [-0.2, -0.15) is 0 Å². The van der Waals surface area contributed by atoms with E-state index in [1.165, 1.54) is 0 Å². The molecular weight excluding hydrogens is 348 g/mol. The maximum absolute atomic E-state index is 12.7. The van der Waals surface area contributed by atoms with Crippen LogP contribution in [0.15, 0.2) is 48.5 Å². The number of amides is 2. The molecule has 2 aliphatic heterocycles. The zero-order valence-corrected chi connectivity index (χ0v) is 15.3. The number of ether oxygens (including phenoxy) is 1. The van der Waals surface area contributed by atoms with E-state index >= 15 is 0 Å². The number of hydrogen-bond donors (Lipinski definition) is 1. The molecule has 1 N–H and O–H groups in total. The zero-order valence-electron chi connectivity index (χ0n) is 14.5. The van der Waals surface area contributed by atoms with Crippen LogP contribution in [0.5, 0.6) is 5.75 Å². The summed E-state index contributed by atoms with van der Waals surface area (Å²) in [5.74, 6) is 1.35. The fourth-order valence-electron chi connectivity index (χ4n) is 3.48. The van der Waals surface area contributed by atoms with Crippen molar-refractivity contribution in [3.8, 4) is 5.75 Å². The summed E-state index contributed by atoms with van der Waals surface area (Å²) in [5, 5.41) is 2.95. The summed E-state index contributed by atoms with van der Waals surface area (Å²) >= 11 is 1.66. The summed E-state index contributed by atoms with van der Waals surface area (Å²) in [7, 11) is 1.64. The molecule has 4 rings (SSSR count). The summed E-state index contributed by atoms with van der Waals surface area (Å²) in [5.41, 5.74) is 2.88. The molecule has 0 radical (unpaired) electrons. The van der Waals surface area contributed by atoms with E-state index in [9.17, 15) is 9.59 Å². The van der Waals surface area contributed by atoms with Crippen LogP contribution in [0.4, 0.5) is 0 Å². The van der Waals surface area contributed by atoms with Gasteiger partial charge in [0.15, 0.2) is 0 Å². The highest BCUT2D eigenvalue weighted by Gasteiger charge is 2.48. The third-order valence-electron chi connectivity index (χ3n) is 4.87. The molecule has 5 nitrogen and oxygen atoms in total. The van der Waals surface area contributed by atoms with Crippen LogP contribution in [-0.4, -0.2) is 42.2 Å². The lowest BCUT2D eigenvalue weighted by Gasteiger charge is -2.22. The second-order valence-electron chi connectivity index (χ2n) is 6.39. The van der Waals surface area contributed by atoms with Crippen molar-refractivity contribution in [2.75, 3.05) is 19.4 Å². The molecule has 2 aliphatic rings. The Morgan fingerprint density at radius 3 is 2.77 bits per heavy atom. The molecule has 1 fully saturated rings. The Morgan fingerprint density at radius 2 is 2.00 bits per heavy atom. The Labute approximate surface area is 156 Å². The average Bonchev–Trinajstić information content (AvgIpc) is 3.23. The Bertz CT molecular complexity index is 837. The predicted molar refractivity (Wildman–Crippen MR) is 101 cm³/mol. The van der Waals surface area contributed by atoms with Gasteiger partial charge in [-0.15, -0.1) is 11.8 Å². The summed E-state index contributed by atoms with van der Waals surface area (Å²) in [6, 6.07) is 15.0. The molecule has 0 bridgehead atoms. The van der Waals surface area contributed by atoms with E-state index in [1.54, 1.807) is 23.8 Å². The van der Waals surface area contributed by atoms with E-state index in [4.69, 9.17) is 4.74 Å². The lowest BCUT2D eigenvalue weighted by Crippen LogP contribution is -2.46. The lowest BCUT2D eigenvalue weighted by molar-refractivity contribution is -0.124. The SMILES string of the molecule is COc1ccc(CCNC(=O)[C@@H]2CS[C@H]3c4ccccc4C(=O)N23)cc1. The fraction of sp³-hybridized carbons (Fsp3) is 0.300. The molecule has 1 saturated heterocycles. The van der Waals surface area contributed by atoms with Crippen molar-refractivity contribution in [3.05, 3.63) is 65.2 Å². The van der Waals surface area contributed by atoms with Gasteiger partial charge < -0.3 is 15.0 Å². The minimum Gasteiger partial charge on any atom is -0.497 e. The standard InChI is InChI=1S/C20H20N2O3S/c1-25-14-8-6-13(7-9-14)10-11-21-18(23)17-12-26-20-16-5-3-2-4-15(16)19(24)22(17)20/h2-9,17,20H,10-12H2,1H3,(H,21,23)/t17-,20-/m0/s1. The first kappa shape index (κ1) is 17.0. The van der Waals surface area contributed by atoms with Crippen LogP contribution in [0, 0.1) is 0 Å². The minimum atomic E-state index is -0.402. The number of methoxy groups -OCH3 is 1. The second kappa shape index (κ2) is 7.03. The van der Waals surface area contributed by atoms with E-state index in [-0.39, 0.29) is 17.2 Å². The third-order valence-corrected chi connectivity index (χ3v) is 6.17. The van der Waals surface area contributed by atoms with Crippen LogP contribution < -0.4 is 10.1 Å². The fourth-order valence-corrected chi connectivity index (χ4v) is 4.95. The molecule has 0 aromatic heterocycles. The average molecular weight is 368 g/mol. The molecule has 0 saturated carbocycles. The van der Waals surface area contributed by atoms with E-state index in [2.05, 4.69) is 5.32 Å². The van der Waals surface area contributed by atoms with Gasteiger partial charge in [-0.25, -0.2) is 0 Å². The number of thioether (sulfide) groups is 1. The second-order valence-corrected chi connectivity index (χ2v) is 7.50. The molecule has 6 heteroatoms. The van der Waals surface area contributed by atoms with Crippen LogP contribution in [-0.2, 0) is 11.2 Å². The highest BCUT2D eigenvalue weighted by atomic mass is 32.2. The highest BCUT2D eigenvalue weighted by Crippen LogP contribution is 2.47. The number of benzene rings is 2. The van der Waals surface area contributed by atoms with Gasteiger partial charge in [0, 0.05) is 17.9 Å². The first-order chi connectivity index (χ1) is 12.7. The van der Waals surface area contributed by atoms with Crippen molar-refractivity contribution in [2.45, 2.75) is 17.8 Å². The van der Waals surface area contributed by atoms with Gasteiger partial charge in [0.1, 0.15) is 17.2 Å². The molecule has 26 heavy (non-hydrogen) atoms. The molecule has 134 valence electrons. The number of rotatable bonds is 5. The third kappa shape index (κ3) is 2.94. The van der Waals surface area contributed by atoms with E-state index in [0.717, 1.165) is 28.9 Å². The Morgan fingerprint density at radius 1 is 1.23 bits per heavy atom. The van der Waals surface area contributed by atoms with Gasteiger partial charge in [0.05, 0.1) is 7.11 Å². The highest BCUT2D eigenvalue weighted by molar-refractivity contribution is 7.99. The number of fused-ring (bicyclic) bond motifs is 3. The number of carbonyl (C=O) groups excluding carboxylic acids is 2. The number of nitrogens with zero attached hydrogens (tertiary/aromatic N) is 1. The summed E-state index contributed by atoms with van der Waals surface area (Å²) < 4.78 is 5.15. The van der Waals surface area contributed by atoms with E-state index < -0.39 is 6.04 Å². The van der Waals surface area contributed by atoms with Crippen molar-refractivity contribution in [1.82, 2.24) is 10.2 Å². The molecule has 2 amide bonds. The van der Waals surface area contributed by atoms with Crippen molar-refractivity contribution in [2.24, 2.45) is 0 Å². The maximum Gasteiger partial charge on any atom is 0.256 e. The van der Waals surface area contributed by atoms with Crippen molar-refractivity contribution in [1.29, 1.82) is 0 Å². The first-order valence-corrected chi connectivity index (χ1v) is 9.68. The van der Waals surface area contributed by atoms with Crippen LogP contribution in [0.3, 0.4) is 0 Å². The van der Waals surface area contributed by atoms with Crippen LogP contribution >= 0.6 is 11.8 Å². The van der Waals surface area contributed by atoms with E-state index in [0.29, 0.717) is 12.3 Å². The van der Waals surface area contributed by atoms with Gasteiger partial charge >= 0.3 is 0 Å². The zero-order chi connectivity index (χ0) is 18.1. The first-order valence-electron chi connectivity index (χ1n) is 8.63. The Kier molecular flexibility index (Phi) is 4.59. The van der Waals surface area contributed by atoms with Crippen LogP contribution in [0.2, 0.25) is 0 Å². The number of nitrogens with one attached hydrogen (secondary N) is 1. The lowest BCUT2D eigenvalue weighted by atomic mass is 10.1. The van der Waals surface area contributed by atoms with Crippen LogP contribution in [0.25, 0.3) is 0 Å². The van der Waals surface area contributed by atoms with Crippen molar-refractivity contribution >= 4 is 23.6 Å². The van der Waals surface area contributed by atoms with Crippen molar-refractivity contribution in [3.63, 3.8) is 0 Å². The normalized spacial score (nSPS) is 20.7.